The van der Waals surface area contributed by atoms with Crippen LogP contribution >= 0.6 is 0 Å². The number of nitrogens with one attached hydrogen (secondary N) is 2. The lowest BCUT2D eigenvalue weighted by atomic mass is 9.84. The average Bonchev–Trinajstić information content (AvgIpc) is 2.99. The Hall–Kier alpha value is -3.32. The van der Waals surface area contributed by atoms with E-state index in [1.807, 2.05) is 30.1 Å². The maximum absolute atomic E-state index is 13.8. The number of guanidine groups is 1. The number of likely N-dealkylation sites (tertiary alicyclic amines) is 1. The fourth-order valence-corrected chi connectivity index (χ4v) is 5.96. The highest BCUT2D eigenvalue weighted by atomic mass is 16.5. The molecule has 1 saturated carbocycles. The molecule has 218 valence electrons. The zero-order valence-electron chi connectivity index (χ0n) is 24.1. The second kappa shape index (κ2) is 14.4. The van der Waals surface area contributed by atoms with Crippen molar-refractivity contribution in [3.8, 4) is 6.07 Å². The van der Waals surface area contributed by atoms with Crippen molar-refractivity contribution in [2.45, 2.75) is 69.9 Å². The number of amides is 2. The van der Waals surface area contributed by atoms with E-state index in [9.17, 15) is 14.9 Å². The number of nitrogens with zero attached hydrogens (tertiary/aromatic N) is 5. The molecule has 3 aliphatic rings. The molecular formula is C30H45N7O3. The summed E-state index contributed by atoms with van der Waals surface area (Å²) in [6.45, 7) is 6.33. The Morgan fingerprint density at radius 3 is 2.38 bits per heavy atom. The molecule has 0 bridgehead atoms. The number of piperidine rings is 1. The predicted molar refractivity (Wildman–Crippen MR) is 156 cm³/mol. The van der Waals surface area contributed by atoms with Crippen molar-refractivity contribution < 1.29 is 14.3 Å². The number of alkyl carbamates (subject to hydrolysis) is 1. The van der Waals surface area contributed by atoms with Gasteiger partial charge in [-0.15, -0.1) is 0 Å². The van der Waals surface area contributed by atoms with Gasteiger partial charge in [-0.3, -0.25) is 10.1 Å². The van der Waals surface area contributed by atoms with Crippen LogP contribution in [0.2, 0.25) is 0 Å². The molecule has 0 spiro atoms. The first kappa shape index (κ1) is 29.7. The van der Waals surface area contributed by atoms with Crippen LogP contribution in [0.5, 0.6) is 0 Å². The van der Waals surface area contributed by atoms with E-state index in [0.29, 0.717) is 44.2 Å². The molecule has 4 rings (SSSR count). The van der Waals surface area contributed by atoms with Crippen LogP contribution < -0.4 is 15.5 Å². The summed E-state index contributed by atoms with van der Waals surface area (Å²) >= 11 is 0. The van der Waals surface area contributed by atoms with Gasteiger partial charge < -0.3 is 24.8 Å². The molecule has 10 nitrogen and oxygen atoms in total. The Kier molecular flexibility index (Phi) is 10.6. The minimum absolute atomic E-state index is 0.234. The molecule has 0 radical (unpaired) electrons. The minimum Gasteiger partial charge on any atom is -0.450 e. The number of nitriles is 1. The zero-order chi connectivity index (χ0) is 28.4. The van der Waals surface area contributed by atoms with Crippen molar-refractivity contribution in [1.82, 2.24) is 20.4 Å². The second-order valence-corrected chi connectivity index (χ2v) is 11.3. The van der Waals surface area contributed by atoms with Gasteiger partial charge in [0.25, 0.3) is 0 Å². The minimum atomic E-state index is -0.889. The van der Waals surface area contributed by atoms with E-state index in [4.69, 9.17) is 9.73 Å². The van der Waals surface area contributed by atoms with Crippen molar-refractivity contribution in [1.29, 1.82) is 5.26 Å². The number of aliphatic imine (C=N–C) groups is 1. The molecular weight excluding hydrogens is 506 g/mol. The second-order valence-electron chi connectivity index (χ2n) is 11.3. The summed E-state index contributed by atoms with van der Waals surface area (Å²) in [6.07, 6.45) is 6.88. The smallest absolute Gasteiger partial charge is 0.413 e. The van der Waals surface area contributed by atoms with Crippen LogP contribution in [-0.2, 0) is 9.53 Å². The third kappa shape index (κ3) is 8.10. The van der Waals surface area contributed by atoms with Crippen molar-refractivity contribution in [2.24, 2.45) is 10.9 Å². The molecule has 2 saturated heterocycles. The summed E-state index contributed by atoms with van der Waals surface area (Å²) < 4.78 is 5.19. The summed E-state index contributed by atoms with van der Waals surface area (Å²) in [5.74, 6) is 0.529. The van der Waals surface area contributed by atoms with Gasteiger partial charge in [-0.2, -0.15) is 5.26 Å². The van der Waals surface area contributed by atoms with E-state index in [1.165, 1.54) is 6.42 Å². The molecule has 1 atom stereocenters. The largest absolute Gasteiger partial charge is 0.450 e. The number of benzene rings is 1. The van der Waals surface area contributed by atoms with Crippen molar-refractivity contribution in [3.63, 3.8) is 0 Å². The number of ether oxygens (including phenoxy) is 1. The van der Waals surface area contributed by atoms with E-state index in [0.717, 1.165) is 57.5 Å². The van der Waals surface area contributed by atoms with Gasteiger partial charge >= 0.3 is 6.09 Å². The van der Waals surface area contributed by atoms with E-state index in [2.05, 4.69) is 38.6 Å². The summed E-state index contributed by atoms with van der Waals surface area (Å²) in [7, 11) is 2.03. The Labute approximate surface area is 238 Å². The zero-order valence-corrected chi connectivity index (χ0v) is 24.1. The number of hydrogen-bond acceptors (Lipinski definition) is 7. The standard InChI is InChI=1S/C30H45N7O3/c1-3-40-29(39)33-28(37-20-18-36(19-21-37)25-12-8-5-9-13-25)32-26(22-24-10-6-4-7-11-24)27(38)34-30(23-31)14-16-35(2)17-15-30/h5,8-9,12-13,24,26H,3-4,6-7,10-11,14-22H2,1-2H3,(H,34,38)(H,32,33,39). The Morgan fingerprint density at radius 1 is 1.07 bits per heavy atom. The molecule has 2 N–H and O–H groups in total. The molecule has 1 unspecified atom stereocenters. The quantitative estimate of drug-likeness (QED) is 0.395. The lowest BCUT2D eigenvalue weighted by molar-refractivity contribution is -0.124. The van der Waals surface area contributed by atoms with Gasteiger partial charge in [0.2, 0.25) is 11.9 Å². The van der Waals surface area contributed by atoms with Crippen molar-refractivity contribution in [3.05, 3.63) is 30.3 Å². The van der Waals surface area contributed by atoms with Gasteiger partial charge in [0.1, 0.15) is 11.6 Å². The Morgan fingerprint density at radius 2 is 1.75 bits per heavy atom. The Bertz CT molecular complexity index is 1040. The van der Waals surface area contributed by atoms with Gasteiger partial charge in [0, 0.05) is 45.0 Å². The fraction of sp³-hybridized carbons (Fsp3) is 0.667. The van der Waals surface area contributed by atoms with Crippen molar-refractivity contribution in [2.75, 3.05) is 57.8 Å². The van der Waals surface area contributed by atoms with Gasteiger partial charge in [-0.05, 0) is 51.3 Å². The molecule has 1 aliphatic carbocycles. The average molecular weight is 552 g/mol. The maximum Gasteiger partial charge on any atom is 0.413 e. The lowest BCUT2D eigenvalue weighted by Crippen LogP contribution is -2.57. The van der Waals surface area contributed by atoms with Crippen LogP contribution in [0.15, 0.2) is 35.3 Å². The molecule has 1 aromatic rings. The number of hydrogen-bond donors (Lipinski definition) is 2. The first-order chi connectivity index (χ1) is 19.4. The summed E-state index contributed by atoms with van der Waals surface area (Å²) in [6, 6.07) is 12.0. The third-order valence-electron chi connectivity index (χ3n) is 8.47. The topological polar surface area (TPSA) is 113 Å². The normalized spacial score (nSPS) is 21.3. The summed E-state index contributed by atoms with van der Waals surface area (Å²) in [4.78, 5) is 37.9. The number of carbonyl (C=O) groups excluding carboxylic acids is 2. The summed E-state index contributed by atoms with van der Waals surface area (Å²) in [5, 5.41) is 16.0. The van der Waals surface area contributed by atoms with Crippen LogP contribution in [-0.4, -0.2) is 92.3 Å². The molecule has 2 aliphatic heterocycles. The molecule has 0 aromatic heterocycles. The highest BCUT2D eigenvalue weighted by Crippen LogP contribution is 2.29. The number of para-hydroxylation sites is 1. The monoisotopic (exact) mass is 551 g/mol. The van der Waals surface area contributed by atoms with E-state index in [1.54, 1.807) is 6.92 Å². The first-order valence-corrected chi connectivity index (χ1v) is 14.9. The maximum atomic E-state index is 13.8. The van der Waals surface area contributed by atoms with Crippen molar-refractivity contribution >= 4 is 23.6 Å². The molecule has 3 fully saturated rings. The highest BCUT2D eigenvalue weighted by molar-refractivity contribution is 5.96. The van der Waals surface area contributed by atoms with Crippen LogP contribution in [0.1, 0.15) is 58.3 Å². The molecule has 2 amide bonds. The highest BCUT2D eigenvalue weighted by Gasteiger charge is 2.38. The summed E-state index contributed by atoms with van der Waals surface area (Å²) in [5.41, 5.74) is 0.272. The third-order valence-corrected chi connectivity index (χ3v) is 8.47. The number of carbonyl (C=O) groups is 2. The fourth-order valence-electron chi connectivity index (χ4n) is 5.96. The molecule has 10 heteroatoms. The van der Waals surface area contributed by atoms with E-state index >= 15 is 0 Å². The van der Waals surface area contributed by atoms with Crippen LogP contribution in [0, 0.1) is 17.2 Å². The molecule has 40 heavy (non-hydrogen) atoms. The van der Waals surface area contributed by atoms with Crippen LogP contribution in [0.4, 0.5) is 10.5 Å². The number of anilines is 1. The first-order valence-electron chi connectivity index (χ1n) is 14.9. The molecule has 1 aromatic carbocycles. The lowest BCUT2D eigenvalue weighted by Gasteiger charge is -2.38. The van der Waals surface area contributed by atoms with Gasteiger partial charge in [0.05, 0.1) is 12.7 Å². The SMILES string of the molecule is CCOC(=O)NC(=NC(CC1CCCCC1)C(=O)NC1(C#N)CCN(C)CC1)N1CCN(c2ccccc2)CC1. The van der Waals surface area contributed by atoms with E-state index in [-0.39, 0.29) is 12.5 Å². The van der Waals surface area contributed by atoms with E-state index < -0.39 is 17.7 Å². The van der Waals surface area contributed by atoms with Gasteiger partial charge in [0.15, 0.2) is 0 Å². The van der Waals surface area contributed by atoms with Crippen LogP contribution in [0.3, 0.4) is 0 Å². The van der Waals surface area contributed by atoms with Crippen LogP contribution in [0.25, 0.3) is 0 Å². The van der Waals surface area contributed by atoms with Gasteiger partial charge in [-0.25, -0.2) is 9.79 Å². The molecule has 2 heterocycles. The number of piperazine rings is 1. The Balaban J connectivity index is 1.55. The van der Waals surface area contributed by atoms with Gasteiger partial charge in [-0.1, -0.05) is 50.3 Å². The number of rotatable bonds is 7. The predicted octanol–water partition coefficient (Wildman–Crippen LogP) is 3.35.